The van der Waals surface area contributed by atoms with E-state index >= 15 is 0 Å². The molecule has 0 unspecified atom stereocenters. The van der Waals surface area contributed by atoms with Crippen LogP contribution in [-0.2, 0) is 0 Å². The number of phenolic OH excluding ortho intramolecular Hbond substituents is 2. The molecule has 2 aromatic carbocycles. The molecule has 0 saturated carbocycles. The zero-order valence-electron chi connectivity index (χ0n) is 14.6. The average Bonchev–Trinajstić information content (AvgIpc) is 3.36. The molecule has 0 aliphatic heterocycles. The molecule has 138 valence electrons. The summed E-state index contributed by atoms with van der Waals surface area (Å²) in [5, 5.41) is 40.9. The molecule has 0 bridgehead atoms. The fraction of sp³-hybridized carbons (Fsp3) is 0. The van der Waals surface area contributed by atoms with Gasteiger partial charge in [0.05, 0.1) is 35.2 Å². The minimum atomic E-state index is 0.211. The Bertz CT molecular complexity index is 1030. The largest absolute Gasteiger partial charge is 0.508 e. The van der Waals surface area contributed by atoms with Crippen LogP contribution in [0.1, 0.15) is 11.4 Å². The number of nitrogens with one attached hydrogen (secondary N) is 2. The van der Waals surface area contributed by atoms with Crippen LogP contribution in [0.2, 0.25) is 0 Å². The van der Waals surface area contributed by atoms with Gasteiger partial charge in [0.15, 0.2) is 0 Å². The van der Waals surface area contributed by atoms with E-state index in [-0.39, 0.29) is 11.5 Å². The molecule has 0 spiro atoms. The Hall–Kier alpha value is -4.20. The van der Waals surface area contributed by atoms with Gasteiger partial charge in [-0.2, -0.15) is 20.4 Å². The molecular weight excluding hydrogens is 356 g/mol. The Morgan fingerprint density at radius 3 is 1.43 bits per heavy atom. The van der Waals surface area contributed by atoms with Gasteiger partial charge < -0.3 is 10.2 Å². The molecule has 2 aromatic heterocycles. The number of aromatic nitrogens is 4. The molecule has 0 saturated heterocycles. The zero-order chi connectivity index (χ0) is 19.3. The predicted octanol–water partition coefficient (Wildman–Crippen LogP) is 3.33. The lowest BCUT2D eigenvalue weighted by atomic mass is 10.1. The van der Waals surface area contributed by atoms with E-state index in [1.807, 2.05) is 12.1 Å². The van der Waals surface area contributed by atoms with Gasteiger partial charge in [-0.15, -0.1) is 0 Å². The SMILES string of the molecule is Oc1ccc(-c2cc(C=NN=Cc3cc(-c4ccc(O)cc4)n[nH]3)[nH]n2)cc1. The number of nitrogens with zero attached hydrogens (tertiary/aromatic N) is 4. The summed E-state index contributed by atoms with van der Waals surface area (Å²) in [7, 11) is 0. The van der Waals surface area contributed by atoms with Crippen molar-refractivity contribution in [3.8, 4) is 34.0 Å². The molecule has 2 heterocycles. The van der Waals surface area contributed by atoms with Crippen molar-refractivity contribution in [3.05, 3.63) is 72.1 Å². The summed E-state index contributed by atoms with van der Waals surface area (Å²) in [5.74, 6) is 0.422. The van der Waals surface area contributed by atoms with Gasteiger partial charge in [0.1, 0.15) is 11.5 Å². The number of hydrogen-bond acceptors (Lipinski definition) is 6. The topological polar surface area (TPSA) is 123 Å². The van der Waals surface area contributed by atoms with Gasteiger partial charge in [0.2, 0.25) is 0 Å². The predicted molar refractivity (Wildman–Crippen MR) is 107 cm³/mol. The van der Waals surface area contributed by atoms with E-state index in [1.165, 1.54) is 0 Å². The molecule has 8 nitrogen and oxygen atoms in total. The number of aromatic hydroxyl groups is 2. The summed E-state index contributed by atoms with van der Waals surface area (Å²) in [6, 6.07) is 17.3. The van der Waals surface area contributed by atoms with Crippen LogP contribution in [0.25, 0.3) is 22.5 Å². The van der Waals surface area contributed by atoms with Crippen molar-refractivity contribution in [1.82, 2.24) is 20.4 Å². The molecule has 4 N–H and O–H groups in total. The first kappa shape index (κ1) is 17.2. The van der Waals surface area contributed by atoms with Crippen molar-refractivity contribution in [2.75, 3.05) is 0 Å². The molecular formula is C20H16N6O2. The Labute approximate surface area is 159 Å². The second-order valence-corrected chi connectivity index (χ2v) is 6.00. The van der Waals surface area contributed by atoms with Crippen LogP contribution in [0.4, 0.5) is 0 Å². The monoisotopic (exact) mass is 372 g/mol. The van der Waals surface area contributed by atoms with Crippen LogP contribution < -0.4 is 0 Å². The zero-order valence-corrected chi connectivity index (χ0v) is 14.6. The number of rotatable bonds is 5. The van der Waals surface area contributed by atoms with Gasteiger partial charge in [0.25, 0.3) is 0 Å². The Kier molecular flexibility index (Phi) is 4.67. The highest BCUT2D eigenvalue weighted by Gasteiger charge is 2.03. The van der Waals surface area contributed by atoms with E-state index in [9.17, 15) is 10.2 Å². The third kappa shape index (κ3) is 3.96. The van der Waals surface area contributed by atoms with Crippen molar-refractivity contribution in [2.24, 2.45) is 10.2 Å². The lowest BCUT2D eigenvalue weighted by Crippen LogP contribution is -1.81. The molecule has 8 heteroatoms. The highest BCUT2D eigenvalue weighted by molar-refractivity contribution is 5.82. The van der Waals surface area contributed by atoms with Crippen LogP contribution in [-0.4, -0.2) is 43.0 Å². The third-order valence-corrected chi connectivity index (χ3v) is 3.98. The number of aromatic amines is 2. The van der Waals surface area contributed by atoms with E-state index in [1.54, 1.807) is 61.0 Å². The summed E-state index contributed by atoms with van der Waals surface area (Å²) in [5.41, 5.74) is 4.67. The van der Waals surface area contributed by atoms with Crippen LogP contribution in [0, 0.1) is 0 Å². The molecule has 0 fully saturated rings. The van der Waals surface area contributed by atoms with Crippen molar-refractivity contribution in [2.45, 2.75) is 0 Å². The van der Waals surface area contributed by atoms with Crippen molar-refractivity contribution in [1.29, 1.82) is 0 Å². The molecule has 4 aromatic rings. The Morgan fingerprint density at radius 2 is 1.04 bits per heavy atom. The molecule has 4 rings (SSSR count). The summed E-state index contributed by atoms with van der Waals surface area (Å²) in [4.78, 5) is 0. The first-order valence-electron chi connectivity index (χ1n) is 8.43. The summed E-state index contributed by atoms with van der Waals surface area (Å²) < 4.78 is 0. The summed E-state index contributed by atoms with van der Waals surface area (Å²) >= 11 is 0. The lowest BCUT2D eigenvalue weighted by Gasteiger charge is -1.95. The number of hydrogen-bond donors (Lipinski definition) is 4. The lowest BCUT2D eigenvalue weighted by molar-refractivity contribution is 0.475. The fourth-order valence-corrected chi connectivity index (χ4v) is 2.56. The molecule has 0 amide bonds. The minimum Gasteiger partial charge on any atom is -0.508 e. The van der Waals surface area contributed by atoms with E-state index < -0.39 is 0 Å². The van der Waals surface area contributed by atoms with Gasteiger partial charge in [-0.25, -0.2) is 0 Å². The molecule has 28 heavy (non-hydrogen) atoms. The van der Waals surface area contributed by atoms with Gasteiger partial charge in [0, 0.05) is 11.1 Å². The summed E-state index contributed by atoms with van der Waals surface area (Å²) in [6.45, 7) is 0. The average molecular weight is 372 g/mol. The van der Waals surface area contributed by atoms with E-state index in [2.05, 4.69) is 30.6 Å². The molecule has 0 atom stereocenters. The van der Waals surface area contributed by atoms with Crippen LogP contribution in [0.3, 0.4) is 0 Å². The van der Waals surface area contributed by atoms with Crippen molar-refractivity contribution >= 4 is 12.4 Å². The number of H-pyrrole nitrogens is 2. The van der Waals surface area contributed by atoms with Gasteiger partial charge >= 0.3 is 0 Å². The standard InChI is InChI=1S/C20H16N6O2/c27-17-5-1-13(2-6-17)19-9-15(23-25-19)11-21-22-12-16-10-20(26-24-16)14-3-7-18(28)8-4-14/h1-12,27-28H,(H,23,25)(H,24,26). The second kappa shape index (κ2) is 7.58. The minimum absolute atomic E-state index is 0.211. The quantitative estimate of drug-likeness (QED) is 0.317. The van der Waals surface area contributed by atoms with Gasteiger partial charge in [-0.05, 0) is 60.7 Å². The Balaban J connectivity index is 1.40. The maximum absolute atomic E-state index is 9.34. The maximum atomic E-state index is 9.34. The third-order valence-electron chi connectivity index (χ3n) is 3.98. The Morgan fingerprint density at radius 1 is 0.643 bits per heavy atom. The number of phenols is 2. The molecule has 0 aliphatic carbocycles. The number of benzene rings is 2. The van der Waals surface area contributed by atoms with Crippen molar-refractivity contribution < 1.29 is 10.2 Å². The first-order valence-corrected chi connectivity index (χ1v) is 8.43. The first-order chi connectivity index (χ1) is 13.7. The van der Waals surface area contributed by atoms with Gasteiger partial charge in [-0.3, -0.25) is 10.2 Å². The molecule has 0 aliphatic rings. The van der Waals surface area contributed by atoms with Gasteiger partial charge in [-0.1, -0.05) is 0 Å². The van der Waals surface area contributed by atoms with E-state index in [0.29, 0.717) is 11.4 Å². The van der Waals surface area contributed by atoms with Crippen LogP contribution in [0.5, 0.6) is 11.5 Å². The van der Waals surface area contributed by atoms with Crippen molar-refractivity contribution in [3.63, 3.8) is 0 Å². The smallest absolute Gasteiger partial charge is 0.115 e. The highest BCUT2D eigenvalue weighted by atomic mass is 16.3. The highest BCUT2D eigenvalue weighted by Crippen LogP contribution is 2.21. The maximum Gasteiger partial charge on any atom is 0.115 e. The van der Waals surface area contributed by atoms with E-state index in [0.717, 1.165) is 22.5 Å². The second-order valence-electron chi connectivity index (χ2n) is 6.00. The summed E-state index contributed by atoms with van der Waals surface area (Å²) in [6.07, 6.45) is 3.12. The van der Waals surface area contributed by atoms with Crippen LogP contribution in [0.15, 0.2) is 70.9 Å². The fourth-order valence-electron chi connectivity index (χ4n) is 2.56. The van der Waals surface area contributed by atoms with Crippen LogP contribution >= 0.6 is 0 Å². The van der Waals surface area contributed by atoms with E-state index in [4.69, 9.17) is 0 Å². The normalized spacial score (nSPS) is 11.6. The molecule has 0 radical (unpaired) electrons.